The normalized spacial score (nSPS) is 16.5. The van der Waals surface area contributed by atoms with Gasteiger partial charge in [-0.3, -0.25) is 4.98 Å². The molecule has 3 nitrogen and oxygen atoms in total. The zero-order valence-electron chi connectivity index (χ0n) is 31.7. The van der Waals surface area contributed by atoms with Crippen LogP contribution in [0.3, 0.4) is 0 Å². The maximum Gasteiger partial charge on any atom is 0.0541 e. The van der Waals surface area contributed by atoms with Gasteiger partial charge in [0.2, 0.25) is 0 Å². The number of nitrogens with zero attached hydrogens (tertiary/aromatic N) is 3. The molecule has 3 heterocycles. The van der Waals surface area contributed by atoms with E-state index in [1.165, 1.54) is 93.8 Å². The molecule has 2 atom stereocenters. The number of aromatic nitrogens is 3. The zero-order chi connectivity index (χ0) is 38.0. The minimum atomic E-state index is 0.305. The number of benzene rings is 6. The van der Waals surface area contributed by atoms with Crippen LogP contribution in [0.2, 0.25) is 0 Å². The van der Waals surface area contributed by atoms with Crippen LogP contribution in [0.15, 0.2) is 207 Å². The Balaban J connectivity index is 0.00000121. The van der Waals surface area contributed by atoms with Gasteiger partial charge in [0.25, 0.3) is 0 Å². The fourth-order valence-electron chi connectivity index (χ4n) is 9.64. The summed E-state index contributed by atoms with van der Waals surface area (Å²) in [6, 6.07) is 53.4. The quantitative estimate of drug-likeness (QED) is 0.165. The molecule has 0 N–H and O–H groups in total. The Morgan fingerprint density at radius 3 is 1.89 bits per heavy atom. The highest BCUT2D eigenvalue weighted by molar-refractivity contribution is 6.14. The second-order valence-electron chi connectivity index (χ2n) is 15.1. The van der Waals surface area contributed by atoms with Crippen molar-refractivity contribution in [2.24, 2.45) is 5.92 Å². The first-order valence-corrected chi connectivity index (χ1v) is 19.8. The topological polar surface area (TPSA) is 22.8 Å². The van der Waals surface area contributed by atoms with Crippen LogP contribution in [0.5, 0.6) is 0 Å². The van der Waals surface area contributed by atoms with E-state index in [1.54, 1.807) is 6.08 Å². The number of hydrogen-bond acceptors (Lipinski definition) is 1. The largest absolute Gasteiger partial charge is 0.309 e. The van der Waals surface area contributed by atoms with Crippen LogP contribution in [0.1, 0.15) is 24.0 Å². The maximum atomic E-state index is 4.50. The number of pyridine rings is 1. The van der Waals surface area contributed by atoms with E-state index in [0.717, 1.165) is 5.69 Å². The van der Waals surface area contributed by atoms with Crippen LogP contribution in [0.4, 0.5) is 0 Å². The molecule has 3 aromatic heterocycles. The first-order valence-electron chi connectivity index (χ1n) is 19.8. The van der Waals surface area contributed by atoms with Gasteiger partial charge in [-0.2, -0.15) is 0 Å². The molecule has 0 spiro atoms. The van der Waals surface area contributed by atoms with Crippen molar-refractivity contribution in [1.82, 2.24) is 14.1 Å². The Hall–Kier alpha value is -7.23. The molecule has 9 aromatic rings. The predicted octanol–water partition coefficient (Wildman–Crippen LogP) is 14.0. The second-order valence-corrected chi connectivity index (χ2v) is 15.1. The summed E-state index contributed by atoms with van der Waals surface area (Å²) in [6.07, 6.45) is 17.4. The van der Waals surface area contributed by atoms with Crippen molar-refractivity contribution < 1.29 is 0 Å². The number of allylic oxidation sites excluding steroid dienone is 9. The monoisotopic (exact) mass is 729 g/mol. The van der Waals surface area contributed by atoms with Crippen LogP contribution in [0, 0.1) is 5.92 Å². The molecule has 3 aliphatic rings. The maximum absolute atomic E-state index is 4.50. The predicted molar refractivity (Wildman–Crippen MR) is 240 cm³/mol. The van der Waals surface area contributed by atoms with Gasteiger partial charge < -0.3 is 9.13 Å². The minimum absolute atomic E-state index is 0.305. The van der Waals surface area contributed by atoms with Gasteiger partial charge in [0.1, 0.15) is 0 Å². The van der Waals surface area contributed by atoms with Gasteiger partial charge in [0, 0.05) is 51.5 Å². The molecule has 0 radical (unpaired) electrons. The van der Waals surface area contributed by atoms with Gasteiger partial charge in [-0.1, -0.05) is 121 Å². The molecular weight excluding hydrogens is 691 g/mol. The molecule has 270 valence electrons. The second kappa shape index (κ2) is 13.2. The van der Waals surface area contributed by atoms with Crippen LogP contribution >= 0.6 is 0 Å². The minimum Gasteiger partial charge on any atom is -0.309 e. The lowest BCUT2D eigenvalue weighted by Gasteiger charge is -2.30. The Labute approximate surface area is 332 Å². The Bertz CT molecular complexity index is 3220. The molecule has 0 saturated heterocycles. The highest BCUT2D eigenvalue weighted by atomic mass is 15.0. The molecule has 0 aliphatic heterocycles. The van der Waals surface area contributed by atoms with Crippen molar-refractivity contribution in [3.05, 3.63) is 218 Å². The third-order valence-electron chi connectivity index (χ3n) is 12.0. The van der Waals surface area contributed by atoms with E-state index in [4.69, 9.17) is 0 Å². The van der Waals surface area contributed by atoms with Crippen molar-refractivity contribution >= 4 is 54.9 Å². The van der Waals surface area contributed by atoms with Crippen LogP contribution < -0.4 is 0 Å². The third-order valence-corrected chi connectivity index (χ3v) is 12.0. The molecule has 3 aliphatic carbocycles. The highest BCUT2D eigenvalue weighted by Crippen LogP contribution is 2.56. The van der Waals surface area contributed by atoms with E-state index in [9.17, 15) is 0 Å². The molecule has 3 heteroatoms. The zero-order valence-corrected chi connectivity index (χ0v) is 31.7. The smallest absolute Gasteiger partial charge is 0.0541 e. The molecular formula is C54H39N3. The number of para-hydroxylation sites is 2. The summed E-state index contributed by atoms with van der Waals surface area (Å²) >= 11 is 0. The van der Waals surface area contributed by atoms with E-state index in [1.807, 2.05) is 13.1 Å². The van der Waals surface area contributed by atoms with E-state index < -0.39 is 0 Å². The molecule has 57 heavy (non-hydrogen) atoms. The number of fused-ring (bicyclic) bond motifs is 9. The van der Waals surface area contributed by atoms with Gasteiger partial charge in [-0.15, -0.1) is 6.58 Å². The van der Waals surface area contributed by atoms with Crippen LogP contribution in [-0.4, -0.2) is 14.1 Å². The van der Waals surface area contributed by atoms with E-state index >= 15 is 0 Å². The summed E-state index contributed by atoms with van der Waals surface area (Å²) in [7, 11) is 0. The Morgan fingerprint density at radius 2 is 1.16 bits per heavy atom. The van der Waals surface area contributed by atoms with E-state index in [-0.39, 0.29) is 0 Å². The van der Waals surface area contributed by atoms with Crippen LogP contribution in [-0.2, 0) is 0 Å². The number of hydrogen-bond donors (Lipinski definition) is 0. The summed E-state index contributed by atoms with van der Waals surface area (Å²) in [6.45, 7) is 5.25. The van der Waals surface area contributed by atoms with Crippen molar-refractivity contribution in [3.8, 4) is 27.9 Å². The van der Waals surface area contributed by atoms with Gasteiger partial charge in [-0.05, 0) is 112 Å². The first kappa shape index (κ1) is 33.1. The van der Waals surface area contributed by atoms with Gasteiger partial charge in [0.05, 0.1) is 27.8 Å². The van der Waals surface area contributed by atoms with Gasteiger partial charge >= 0.3 is 0 Å². The molecule has 12 rings (SSSR count). The summed E-state index contributed by atoms with van der Waals surface area (Å²) in [5, 5.41) is 5.04. The molecule has 0 bridgehead atoms. The average molecular weight is 730 g/mol. The fourth-order valence-corrected chi connectivity index (χ4v) is 9.64. The summed E-state index contributed by atoms with van der Waals surface area (Å²) in [5.41, 5.74) is 17.6. The summed E-state index contributed by atoms with van der Waals surface area (Å²) in [4.78, 5) is 4.50. The van der Waals surface area contributed by atoms with Gasteiger partial charge in [-0.25, -0.2) is 0 Å². The van der Waals surface area contributed by atoms with Crippen molar-refractivity contribution in [3.63, 3.8) is 0 Å². The van der Waals surface area contributed by atoms with Crippen LogP contribution in [0.25, 0.3) is 82.8 Å². The Kier molecular flexibility index (Phi) is 7.68. The third kappa shape index (κ3) is 5.09. The SMILES string of the molecule is C1=CC2c3cnccc3C3=CC=C(n4c5ccccc5c5cc(-c6ccc7c(c6)c6ccccc6n7-c6cccc(-c7ccccc7)c6)ccc54)C(=C1)C32.C=CC. The van der Waals surface area contributed by atoms with E-state index in [2.05, 4.69) is 203 Å². The summed E-state index contributed by atoms with van der Waals surface area (Å²) in [5.74, 6) is 0.622. The first-order chi connectivity index (χ1) is 28.2. The number of rotatable bonds is 4. The van der Waals surface area contributed by atoms with Crippen molar-refractivity contribution in [1.29, 1.82) is 0 Å². The lowest BCUT2D eigenvalue weighted by Crippen LogP contribution is -2.17. The highest BCUT2D eigenvalue weighted by Gasteiger charge is 2.41. The van der Waals surface area contributed by atoms with E-state index in [0.29, 0.717) is 11.8 Å². The lowest BCUT2D eigenvalue weighted by molar-refractivity contribution is 0.717. The van der Waals surface area contributed by atoms with Crippen molar-refractivity contribution in [2.75, 3.05) is 0 Å². The molecule has 0 fully saturated rings. The molecule has 2 unspecified atom stereocenters. The molecule has 0 amide bonds. The molecule has 0 saturated carbocycles. The van der Waals surface area contributed by atoms with Crippen molar-refractivity contribution in [2.45, 2.75) is 12.8 Å². The Morgan fingerprint density at radius 1 is 0.544 bits per heavy atom. The average Bonchev–Trinajstić information content (AvgIpc) is 3.91. The fraction of sp³-hybridized carbons (Fsp3) is 0.0556. The summed E-state index contributed by atoms with van der Waals surface area (Å²) < 4.78 is 4.90. The molecule has 6 aromatic carbocycles. The van der Waals surface area contributed by atoms with Gasteiger partial charge in [0.15, 0.2) is 0 Å². The lowest BCUT2D eigenvalue weighted by atomic mass is 9.77. The standard InChI is InChI=1S/C51H33N3.C3H6/c1-2-10-32(11-3-1)33-12-8-13-36(28-33)53-46-18-6-4-14-38(46)43-29-34(20-23-49(43)53)35-21-24-50-44(30-35)39-15-5-7-19-47(39)54(50)48-25-22-41-37-26-27-52-31-45(37)40-16-9-17-42(48)51(40)41;1-3-2/h1-31,40,51H;3H,1H2,2H3.